The average Bonchev–Trinajstić information content (AvgIpc) is 2.96. The number of rotatable bonds is 14. The number of hydrogen-bond donors (Lipinski definition) is 0. The van der Waals surface area contributed by atoms with Gasteiger partial charge in [-0.05, 0) is 86.1 Å². The van der Waals surface area contributed by atoms with Crippen molar-refractivity contribution >= 4 is 11.5 Å². The monoisotopic (exact) mass is 532 g/mol. The van der Waals surface area contributed by atoms with Crippen LogP contribution in [0.15, 0.2) is 72.8 Å². The first-order chi connectivity index (χ1) is 18.9. The van der Waals surface area contributed by atoms with Crippen LogP contribution in [0.5, 0.6) is 23.0 Å². The third-order valence-corrected chi connectivity index (χ3v) is 6.39. The Bertz CT molecular complexity index is 1220. The molecule has 0 aliphatic heterocycles. The molecule has 0 heterocycles. The lowest BCUT2D eigenvalue weighted by molar-refractivity contribution is -0.126. The van der Waals surface area contributed by atoms with E-state index >= 15 is 0 Å². The lowest BCUT2D eigenvalue weighted by atomic mass is 9.97. The van der Waals surface area contributed by atoms with Gasteiger partial charge in [-0.1, -0.05) is 30.3 Å². The lowest BCUT2D eigenvalue weighted by Gasteiger charge is -2.24. The maximum atomic E-state index is 13.8. The molecule has 208 valence electrons. The molecule has 0 saturated carbocycles. The second-order valence-electron chi connectivity index (χ2n) is 9.31. The van der Waals surface area contributed by atoms with Crippen LogP contribution in [-0.4, -0.2) is 77.4 Å². The normalized spacial score (nSPS) is 11.3. The molecule has 0 aliphatic carbocycles. The molecule has 0 aromatic heterocycles. The highest BCUT2D eigenvalue weighted by Gasteiger charge is 2.16. The topological polar surface area (TPSA) is 60.5 Å². The maximum Gasteiger partial charge on any atom is 0.247 e. The van der Waals surface area contributed by atoms with E-state index in [4.69, 9.17) is 18.9 Å². The first-order valence-corrected chi connectivity index (χ1v) is 13.1. The van der Waals surface area contributed by atoms with Crippen molar-refractivity contribution in [1.29, 1.82) is 0 Å². The van der Waals surface area contributed by atoms with E-state index in [2.05, 4.69) is 4.90 Å². The third kappa shape index (κ3) is 8.52. The molecule has 3 aromatic carbocycles. The lowest BCUT2D eigenvalue weighted by Crippen LogP contribution is -2.37. The van der Waals surface area contributed by atoms with Crippen LogP contribution < -0.4 is 18.9 Å². The summed E-state index contributed by atoms with van der Waals surface area (Å²) in [6.45, 7) is 4.48. The van der Waals surface area contributed by atoms with Crippen LogP contribution in [0, 0.1) is 0 Å². The van der Waals surface area contributed by atoms with Gasteiger partial charge in [0.1, 0.15) is 11.5 Å². The zero-order chi connectivity index (χ0) is 28.2. The van der Waals surface area contributed by atoms with Crippen LogP contribution in [0.4, 0.5) is 0 Å². The molecule has 3 aromatic rings. The summed E-state index contributed by atoms with van der Waals surface area (Å²) in [6.07, 6.45) is 2.43. The minimum Gasteiger partial charge on any atom is -0.497 e. The van der Waals surface area contributed by atoms with Gasteiger partial charge in [-0.3, -0.25) is 4.79 Å². The predicted octanol–water partition coefficient (Wildman–Crippen LogP) is 5.18. The molecule has 0 saturated heterocycles. The summed E-state index contributed by atoms with van der Waals surface area (Å²) in [6, 6.07) is 21.5. The van der Waals surface area contributed by atoms with Crippen molar-refractivity contribution in [2.45, 2.75) is 13.3 Å². The third-order valence-electron chi connectivity index (χ3n) is 6.39. The van der Waals surface area contributed by atoms with Crippen molar-refractivity contribution < 1.29 is 23.7 Å². The van der Waals surface area contributed by atoms with Gasteiger partial charge in [0.25, 0.3) is 0 Å². The number of amides is 1. The fourth-order valence-corrected chi connectivity index (χ4v) is 4.17. The van der Waals surface area contributed by atoms with Gasteiger partial charge in [0, 0.05) is 25.7 Å². The molecule has 39 heavy (non-hydrogen) atoms. The van der Waals surface area contributed by atoms with Gasteiger partial charge < -0.3 is 28.7 Å². The standard InChI is InChI=1S/C32H40N2O5/c1-7-39-28-15-11-26(12-16-28)29(25-9-13-27(36-4)14-10-25)23-32(35)34(21-20-33(2)3)19-18-24-8-17-30(37-5)31(22-24)38-6/h8-17,22-23H,7,18-21H2,1-6H3. The van der Waals surface area contributed by atoms with E-state index in [0.717, 1.165) is 40.3 Å². The minimum atomic E-state index is -0.0444. The van der Waals surface area contributed by atoms with Gasteiger partial charge >= 0.3 is 0 Å². The zero-order valence-electron chi connectivity index (χ0n) is 23.9. The Morgan fingerprint density at radius 3 is 1.90 bits per heavy atom. The highest BCUT2D eigenvalue weighted by Crippen LogP contribution is 2.29. The second-order valence-corrected chi connectivity index (χ2v) is 9.31. The Labute approximate surface area is 232 Å². The van der Waals surface area contributed by atoms with Crippen LogP contribution >= 0.6 is 0 Å². The number of carbonyl (C=O) groups is 1. The molecule has 7 heteroatoms. The van der Waals surface area contributed by atoms with E-state index in [0.29, 0.717) is 37.6 Å². The quantitative estimate of drug-likeness (QED) is 0.267. The largest absolute Gasteiger partial charge is 0.497 e. The fraction of sp³-hybridized carbons (Fsp3) is 0.344. The van der Waals surface area contributed by atoms with Crippen molar-refractivity contribution in [2.75, 3.05) is 61.7 Å². The molecule has 3 rings (SSSR count). The molecular weight excluding hydrogens is 492 g/mol. The van der Waals surface area contributed by atoms with Crippen molar-refractivity contribution in [3.63, 3.8) is 0 Å². The van der Waals surface area contributed by atoms with Gasteiger partial charge in [0.15, 0.2) is 11.5 Å². The van der Waals surface area contributed by atoms with Crippen molar-refractivity contribution in [1.82, 2.24) is 9.80 Å². The fourth-order valence-electron chi connectivity index (χ4n) is 4.17. The Balaban J connectivity index is 1.92. The first kappa shape index (κ1) is 29.6. The average molecular weight is 533 g/mol. The molecular formula is C32H40N2O5. The number of carbonyl (C=O) groups excluding carboxylic acids is 1. The summed E-state index contributed by atoms with van der Waals surface area (Å²) >= 11 is 0. The molecule has 7 nitrogen and oxygen atoms in total. The van der Waals surface area contributed by atoms with Crippen molar-refractivity contribution in [2.24, 2.45) is 0 Å². The molecule has 0 spiro atoms. The van der Waals surface area contributed by atoms with Crippen LogP contribution in [0.1, 0.15) is 23.6 Å². The van der Waals surface area contributed by atoms with E-state index in [1.165, 1.54) is 0 Å². The van der Waals surface area contributed by atoms with E-state index in [1.54, 1.807) is 27.4 Å². The first-order valence-electron chi connectivity index (χ1n) is 13.1. The smallest absolute Gasteiger partial charge is 0.247 e. The predicted molar refractivity (Wildman–Crippen MR) is 156 cm³/mol. The van der Waals surface area contributed by atoms with Gasteiger partial charge in [-0.15, -0.1) is 0 Å². The van der Waals surface area contributed by atoms with Crippen LogP contribution in [-0.2, 0) is 11.2 Å². The summed E-state index contributed by atoms with van der Waals surface area (Å²) < 4.78 is 21.8. The highest BCUT2D eigenvalue weighted by atomic mass is 16.5. The Morgan fingerprint density at radius 2 is 1.36 bits per heavy atom. The number of ether oxygens (including phenoxy) is 4. The van der Waals surface area contributed by atoms with Gasteiger partial charge in [0.2, 0.25) is 5.91 Å². The number of likely N-dealkylation sites (N-methyl/N-ethyl adjacent to an activating group) is 1. The zero-order valence-corrected chi connectivity index (χ0v) is 23.9. The van der Waals surface area contributed by atoms with Crippen LogP contribution in [0.25, 0.3) is 5.57 Å². The molecule has 0 bridgehead atoms. The molecule has 0 radical (unpaired) electrons. The van der Waals surface area contributed by atoms with Crippen molar-refractivity contribution in [3.05, 3.63) is 89.5 Å². The van der Waals surface area contributed by atoms with E-state index in [1.807, 2.05) is 92.6 Å². The molecule has 0 aliphatic rings. The van der Waals surface area contributed by atoms with Crippen molar-refractivity contribution in [3.8, 4) is 23.0 Å². The number of benzene rings is 3. The van der Waals surface area contributed by atoms with Crippen LogP contribution in [0.3, 0.4) is 0 Å². The minimum absolute atomic E-state index is 0.0444. The molecule has 1 amide bonds. The molecule has 0 N–H and O–H groups in total. The van der Waals surface area contributed by atoms with Crippen LogP contribution in [0.2, 0.25) is 0 Å². The summed E-state index contributed by atoms with van der Waals surface area (Å²) in [5.74, 6) is 2.88. The summed E-state index contributed by atoms with van der Waals surface area (Å²) in [7, 11) is 8.91. The second kappa shape index (κ2) is 14.8. The molecule has 0 atom stereocenters. The maximum absolute atomic E-state index is 13.8. The highest BCUT2D eigenvalue weighted by molar-refractivity contribution is 5.99. The Kier molecular flexibility index (Phi) is 11.3. The van der Waals surface area contributed by atoms with E-state index < -0.39 is 0 Å². The summed E-state index contributed by atoms with van der Waals surface area (Å²) in [5.41, 5.74) is 3.78. The van der Waals surface area contributed by atoms with E-state index in [-0.39, 0.29) is 5.91 Å². The SMILES string of the molecule is CCOc1ccc(C(=CC(=O)N(CCc2ccc(OC)c(OC)c2)CCN(C)C)c2ccc(OC)cc2)cc1. The van der Waals surface area contributed by atoms with E-state index in [9.17, 15) is 4.79 Å². The number of nitrogens with zero attached hydrogens (tertiary/aromatic N) is 2. The summed E-state index contributed by atoms with van der Waals surface area (Å²) in [4.78, 5) is 17.8. The Hall–Kier alpha value is -3.97. The number of hydrogen-bond acceptors (Lipinski definition) is 6. The molecule has 0 fully saturated rings. The number of methoxy groups -OCH3 is 3. The summed E-state index contributed by atoms with van der Waals surface area (Å²) in [5, 5.41) is 0. The Morgan fingerprint density at radius 1 is 0.744 bits per heavy atom. The van der Waals surface area contributed by atoms with Gasteiger partial charge in [0.05, 0.1) is 27.9 Å². The molecule has 0 unspecified atom stereocenters. The van der Waals surface area contributed by atoms with Gasteiger partial charge in [-0.2, -0.15) is 0 Å². The van der Waals surface area contributed by atoms with Gasteiger partial charge in [-0.25, -0.2) is 0 Å².